The Morgan fingerprint density at radius 2 is 2.14 bits per heavy atom. The number of hydrogen-bond acceptors (Lipinski definition) is 4. The van der Waals surface area contributed by atoms with Crippen LogP contribution in [0.3, 0.4) is 0 Å². The van der Waals surface area contributed by atoms with E-state index in [1.807, 2.05) is 13.8 Å². The highest BCUT2D eigenvalue weighted by molar-refractivity contribution is 5.76. The molecule has 0 aliphatic heterocycles. The number of rotatable bonds is 7. The highest BCUT2D eigenvalue weighted by atomic mass is 16.5. The van der Waals surface area contributed by atoms with Crippen molar-refractivity contribution in [1.82, 2.24) is 0 Å². The summed E-state index contributed by atoms with van der Waals surface area (Å²) in [5.41, 5.74) is 4.99. The van der Waals surface area contributed by atoms with E-state index < -0.39 is 5.41 Å². The van der Waals surface area contributed by atoms with Crippen molar-refractivity contribution in [2.75, 3.05) is 26.9 Å². The largest absolute Gasteiger partial charge is 0.469 e. The van der Waals surface area contributed by atoms with Crippen LogP contribution in [0.2, 0.25) is 0 Å². The van der Waals surface area contributed by atoms with Crippen LogP contribution in [0.5, 0.6) is 0 Å². The number of methoxy groups -OCH3 is 1. The summed E-state index contributed by atoms with van der Waals surface area (Å²) in [6.07, 6.45) is 1.53. The van der Waals surface area contributed by atoms with Crippen LogP contribution < -0.4 is 5.73 Å². The van der Waals surface area contributed by atoms with Gasteiger partial charge in [0.15, 0.2) is 0 Å². The van der Waals surface area contributed by atoms with Crippen LogP contribution in [-0.4, -0.2) is 32.8 Å². The fourth-order valence-corrected chi connectivity index (χ4v) is 1.24. The Balaban J connectivity index is 3.93. The smallest absolute Gasteiger partial charge is 0.312 e. The van der Waals surface area contributed by atoms with Crippen molar-refractivity contribution < 1.29 is 14.3 Å². The number of carbonyl (C=O) groups is 1. The maximum absolute atomic E-state index is 11.4. The number of esters is 1. The second-order valence-electron chi connectivity index (χ2n) is 3.56. The van der Waals surface area contributed by atoms with Crippen molar-refractivity contribution in [1.29, 1.82) is 0 Å². The van der Waals surface area contributed by atoms with Crippen molar-refractivity contribution in [3.63, 3.8) is 0 Å². The summed E-state index contributed by atoms with van der Waals surface area (Å²) in [7, 11) is 1.39. The third-order valence-electron chi connectivity index (χ3n) is 2.35. The highest BCUT2D eigenvalue weighted by Crippen LogP contribution is 2.23. The molecule has 0 aromatic rings. The van der Waals surface area contributed by atoms with Crippen molar-refractivity contribution >= 4 is 5.97 Å². The molecule has 0 spiro atoms. The zero-order valence-corrected chi connectivity index (χ0v) is 9.34. The number of hydrogen-bond donors (Lipinski definition) is 1. The van der Waals surface area contributed by atoms with Gasteiger partial charge in [0, 0.05) is 19.8 Å². The standard InChI is InChI=1S/C10H21NO3/c1-4-14-7-5-6-10(2,8-11)9(12)13-3/h4-8,11H2,1-3H3. The van der Waals surface area contributed by atoms with E-state index in [-0.39, 0.29) is 5.97 Å². The highest BCUT2D eigenvalue weighted by Gasteiger charge is 2.32. The van der Waals surface area contributed by atoms with E-state index in [4.69, 9.17) is 15.2 Å². The second-order valence-corrected chi connectivity index (χ2v) is 3.56. The average molecular weight is 203 g/mol. The molecular weight excluding hydrogens is 182 g/mol. The molecule has 4 heteroatoms. The van der Waals surface area contributed by atoms with Crippen LogP contribution in [0, 0.1) is 5.41 Å². The van der Waals surface area contributed by atoms with Gasteiger partial charge in [-0.25, -0.2) is 0 Å². The lowest BCUT2D eigenvalue weighted by Gasteiger charge is -2.24. The molecule has 0 aromatic heterocycles. The summed E-state index contributed by atoms with van der Waals surface area (Å²) >= 11 is 0. The Morgan fingerprint density at radius 3 is 2.57 bits per heavy atom. The first-order chi connectivity index (χ1) is 6.60. The van der Waals surface area contributed by atoms with Gasteiger partial charge in [-0.2, -0.15) is 0 Å². The molecular formula is C10H21NO3. The van der Waals surface area contributed by atoms with Crippen molar-refractivity contribution in [2.45, 2.75) is 26.7 Å². The van der Waals surface area contributed by atoms with Crippen molar-refractivity contribution in [3.8, 4) is 0 Å². The molecule has 1 unspecified atom stereocenters. The Hall–Kier alpha value is -0.610. The number of nitrogens with two attached hydrogens (primary N) is 1. The maximum atomic E-state index is 11.4. The predicted molar refractivity (Wildman–Crippen MR) is 54.9 cm³/mol. The zero-order chi connectivity index (χ0) is 11.0. The fraction of sp³-hybridized carbons (Fsp3) is 0.900. The van der Waals surface area contributed by atoms with Gasteiger partial charge in [0.2, 0.25) is 0 Å². The Kier molecular flexibility index (Phi) is 6.49. The van der Waals surface area contributed by atoms with Gasteiger partial charge in [-0.3, -0.25) is 4.79 Å². The average Bonchev–Trinajstić information content (AvgIpc) is 2.22. The summed E-state index contributed by atoms with van der Waals surface area (Å²) in [6.45, 7) is 5.46. The lowest BCUT2D eigenvalue weighted by molar-refractivity contribution is -0.151. The third kappa shape index (κ3) is 4.07. The van der Waals surface area contributed by atoms with Crippen LogP contribution >= 0.6 is 0 Å². The van der Waals surface area contributed by atoms with Gasteiger partial charge in [0.1, 0.15) is 0 Å². The van der Waals surface area contributed by atoms with Crippen LogP contribution in [0.1, 0.15) is 26.7 Å². The van der Waals surface area contributed by atoms with E-state index in [9.17, 15) is 4.79 Å². The van der Waals surface area contributed by atoms with E-state index in [2.05, 4.69) is 0 Å². The molecule has 0 aliphatic rings. The fourth-order valence-electron chi connectivity index (χ4n) is 1.24. The van der Waals surface area contributed by atoms with Crippen LogP contribution in [0.15, 0.2) is 0 Å². The van der Waals surface area contributed by atoms with Gasteiger partial charge in [-0.1, -0.05) is 0 Å². The van der Waals surface area contributed by atoms with Gasteiger partial charge >= 0.3 is 5.97 Å². The first kappa shape index (κ1) is 13.4. The first-order valence-electron chi connectivity index (χ1n) is 4.97. The Bertz CT molecular complexity index is 173. The predicted octanol–water partition coefficient (Wildman–Crippen LogP) is 0.941. The monoisotopic (exact) mass is 203 g/mol. The van der Waals surface area contributed by atoms with Crippen molar-refractivity contribution in [2.24, 2.45) is 11.1 Å². The summed E-state index contributed by atoms with van der Waals surface area (Å²) < 4.78 is 9.90. The Labute approximate surface area is 85.8 Å². The molecule has 0 amide bonds. The van der Waals surface area contributed by atoms with Gasteiger partial charge in [0.25, 0.3) is 0 Å². The second kappa shape index (κ2) is 6.79. The van der Waals surface area contributed by atoms with Gasteiger partial charge in [0.05, 0.1) is 12.5 Å². The van der Waals surface area contributed by atoms with Crippen LogP contribution in [0.25, 0.3) is 0 Å². The van der Waals surface area contributed by atoms with E-state index in [1.54, 1.807) is 0 Å². The van der Waals surface area contributed by atoms with Gasteiger partial charge in [-0.05, 0) is 26.7 Å². The zero-order valence-electron chi connectivity index (χ0n) is 9.34. The van der Waals surface area contributed by atoms with Gasteiger partial charge < -0.3 is 15.2 Å². The minimum Gasteiger partial charge on any atom is -0.469 e. The molecule has 0 rings (SSSR count). The van der Waals surface area contributed by atoms with E-state index in [0.717, 1.165) is 6.42 Å². The molecule has 14 heavy (non-hydrogen) atoms. The Morgan fingerprint density at radius 1 is 1.50 bits per heavy atom. The minimum atomic E-state index is -0.564. The quantitative estimate of drug-likeness (QED) is 0.494. The molecule has 1 atom stereocenters. The van der Waals surface area contributed by atoms with Crippen molar-refractivity contribution in [3.05, 3.63) is 0 Å². The maximum Gasteiger partial charge on any atom is 0.312 e. The van der Waals surface area contributed by atoms with Crippen LogP contribution in [-0.2, 0) is 14.3 Å². The minimum absolute atomic E-state index is 0.239. The molecule has 0 saturated heterocycles. The molecule has 0 aromatic carbocycles. The normalized spacial score (nSPS) is 14.9. The lowest BCUT2D eigenvalue weighted by Crippen LogP contribution is -2.37. The number of carbonyl (C=O) groups excluding carboxylic acids is 1. The molecule has 84 valence electrons. The van der Waals surface area contributed by atoms with Crippen LogP contribution in [0.4, 0.5) is 0 Å². The molecule has 2 N–H and O–H groups in total. The summed E-state index contributed by atoms with van der Waals surface area (Å²) in [5, 5.41) is 0. The molecule has 0 heterocycles. The molecule has 0 radical (unpaired) electrons. The van der Waals surface area contributed by atoms with Gasteiger partial charge in [-0.15, -0.1) is 0 Å². The topological polar surface area (TPSA) is 61.5 Å². The molecule has 0 bridgehead atoms. The molecule has 0 aliphatic carbocycles. The molecule has 0 fully saturated rings. The number of ether oxygens (including phenoxy) is 2. The SMILES string of the molecule is CCOCCCC(C)(CN)C(=O)OC. The molecule has 4 nitrogen and oxygen atoms in total. The lowest BCUT2D eigenvalue weighted by atomic mass is 9.86. The molecule has 0 saturated carbocycles. The summed E-state index contributed by atoms with van der Waals surface area (Å²) in [5.74, 6) is -0.239. The van der Waals surface area contributed by atoms with E-state index in [1.165, 1.54) is 7.11 Å². The summed E-state index contributed by atoms with van der Waals surface area (Å²) in [6, 6.07) is 0. The third-order valence-corrected chi connectivity index (χ3v) is 2.35. The summed E-state index contributed by atoms with van der Waals surface area (Å²) in [4.78, 5) is 11.4. The van der Waals surface area contributed by atoms with E-state index in [0.29, 0.717) is 26.2 Å². The van der Waals surface area contributed by atoms with E-state index >= 15 is 0 Å². The first-order valence-corrected chi connectivity index (χ1v) is 4.97.